The number of thioether (sulfide) groups is 1. The molecule has 3 rings (SSSR count). The van der Waals surface area contributed by atoms with E-state index in [4.69, 9.17) is 0 Å². The van der Waals surface area contributed by atoms with Crippen LogP contribution in [0.2, 0.25) is 0 Å². The Hall–Kier alpha value is -2.06. The van der Waals surface area contributed by atoms with Gasteiger partial charge in [-0.25, -0.2) is 9.78 Å². The maximum atomic E-state index is 13.3. The smallest absolute Gasteiger partial charge is 0.323 e. The van der Waals surface area contributed by atoms with Crippen LogP contribution in [0.1, 0.15) is 70.4 Å². The Balaban J connectivity index is 1.59. The van der Waals surface area contributed by atoms with Crippen molar-refractivity contribution in [2.24, 2.45) is 5.92 Å². The van der Waals surface area contributed by atoms with Crippen molar-refractivity contribution < 1.29 is 14.7 Å². The lowest BCUT2D eigenvalue weighted by molar-refractivity contribution is -0.138. The topological polar surface area (TPSA) is 82.5 Å². The predicted octanol–water partition coefficient (Wildman–Crippen LogP) is 6.84. The lowest BCUT2D eigenvalue weighted by Gasteiger charge is -2.36. The third-order valence-electron chi connectivity index (χ3n) is 6.49. The van der Waals surface area contributed by atoms with Crippen molar-refractivity contribution in [3.8, 4) is 0 Å². The molecule has 0 saturated heterocycles. The summed E-state index contributed by atoms with van der Waals surface area (Å²) >= 11 is 2.57. The molecular weight excluding hydrogens is 466 g/mol. The Bertz CT molecular complexity index is 950. The van der Waals surface area contributed by atoms with Gasteiger partial charge in [-0.15, -0.1) is 0 Å². The molecule has 34 heavy (non-hydrogen) atoms. The molecule has 1 saturated carbocycles. The number of carbonyl (C=O) groups excluding carboxylic acids is 1. The van der Waals surface area contributed by atoms with Crippen LogP contribution in [0.25, 0.3) is 0 Å². The molecule has 1 fully saturated rings. The number of nitrogens with one attached hydrogen (secondary N) is 1. The van der Waals surface area contributed by atoms with E-state index in [9.17, 15) is 14.7 Å². The monoisotopic (exact) mass is 503 g/mol. The fraction of sp³-hybridized carbons (Fsp3) is 0.577. The summed E-state index contributed by atoms with van der Waals surface area (Å²) in [5.74, 6) is -0.154. The zero-order valence-electron chi connectivity index (χ0n) is 20.7. The SMILES string of the molecule is Cc1ccc(CCCCN(C(=O)Nc2ncc(SC(C)(C)C(=O)O)s2)C2CCC(C)CC2)cc1. The normalized spacial score (nSPS) is 18.5. The van der Waals surface area contributed by atoms with Gasteiger partial charge in [0.05, 0.1) is 10.4 Å². The number of unbranched alkanes of at least 4 members (excludes halogenated alkanes) is 1. The standard InChI is InChI=1S/C26H37N3O3S2/c1-18-8-12-20(13-9-18)7-5-6-16-29(21-14-10-19(2)11-15-21)25(32)28-24-27-17-22(33-24)34-26(3,4)23(30)31/h8-9,12-13,17,19,21H,5-7,10-11,14-16H2,1-4H3,(H,30,31)(H,27,28,32). The summed E-state index contributed by atoms with van der Waals surface area (Å²) in [6.45, 7) is 8.45. The quantitative estimate of drug-likeness (QED) is 0.274. The molecule has 0 radical (unpaired) electrons. The Kier molecular flexibility index (Phi) is 9.42. The molecule has 0 unspecified atom stereocenters. The minimum Gasteiger partial charge on any atom is -0.480 e. The first-order valence-corrected chi connectivity index (χ1v) is 13.8. The van der Waals surface area contributed by atoms with Gasteiger partial charge in [0.25, 0.3) is 0 Å². The first-order valence-electron chi connectivity index (χ1n) is 12.2. The minimum atomic E-state index is -0.948. The lowest BCUT2D eigenvalue weighted by Crippen LogP contribution is -2.45. The van der Waals surface area contributed by atoms with Crippen molar-refractivity contribution in [3.63, 3.8) is 0 Å². The van der Waals surface area contributed by atoms with Gasteiger partial charge in [0, 0.05) is 12.6 Å². The van der Waals surface area contributed by atoms with E-state index in [1.165, 1.54) is 34.2 Å². The maximum absolute atomic E-state index is 13.3. The maximum Gasteiger partial charge on any atom is 0.323 e. The number of urea groups is 1. The van der Waals surface area contributed by atoms with Crippen LogP contribution in [0.15, 0.2) is 34.7 Å². The summed E-state index contributed by atoms with van der Waals surface area (Å²) in [4.78, 5) is 31.0. The number of anilines is 1. The largest absolute Gasteiger partial charge is 0.480 e. The summed E-state index contributed by atoms with van der Waals surface area (Å²) < 4.78 is -0.172. The molecule has 186 valence electrons. The average Bonchev–Trinajstić information content (AvgIpc) is 3.21. The fourth-order valence-electron chi connectivity index (χ4n) is 4.19. The van der Waals surface area contributed by atoms with E-state index >= 15 is 0 Å². The van der Waals surface area contributed by atoms with Gasteiger partial charge in [0.2, 0.25) is 0 Å². The van der Waals surface area contributed by atoms with E-state index < -0.39 is 10.7 Å². The summed E-state index contributed by atoms with van der Waals surface area (Å²) in [6.07, 6.45) is 9.04. The van der Waals surface area contributed by atoms with Crippen molar-refractivity contribution in [1.82, 2.24) is 9.88 Å². The number of hydrogen-bond donors (Lipinski definition) is 2. The van der Waals surface area contributed by atoms with E-state index in [0.717, 1.165) is 61.6 Å². The summed E-state index contributed by atoms with van der Waals surface area (Å²) in [5, 5.41) is 12.9. The number of aryl methyl sites for hydroxylation is 2. The molecule has 0 aliphatic heterocycles. The van der Waals surface area contributed by atoms with Gasteiger partial charge in [0.1, 0.15) is 4.75 Å². The zero-order valence-corrected chi connectivity index (χ0v) is 22.3. The van der Waals surface area contributed by atoms with Crippen LogP contribution in [-0.2, 0) is 11.2 Å². The number of carboxylic acid groups (broad SMARTS) is 1. The van der Waals surface area contributed by atoms with Crippen molar-refractivity contribution in [2.45, 2.75) is 87.6 Å². The van der Waals surface area contributed by atoms with E-state index in [2.05, 4.69) is 48.4 Å². The van der Waals surface area contributed by atoms with E-state index in [1.54, 1.807) is 20.0 Å². The molecule has 2 aromatic rings. The first kappa shape index (κ1) is 26.5. The molecule has 1 aliphatic rings. The van der Waals surface area contributed by atoms with E-state index in [-0.39, 0.29) is 12.1 Å². The molecule has 1 aliphatic carbocycles. The van der Waals surface area contributed by atoms with Crippen LogP contribution < -0.4 is 5.32 Å². The van der Waals surface area contributed by atoms with Crippen LogP contribution >= 0.6 is 23.1 Å². The Morgan fingerprint density at radius 3 is 2.50 bits per heavy atom. The second-order valence-corrected chi connectivity index (χ2v) is 12.8. The van der Waals surface area contributed by atoms with Gasteiger partial charge in [-0.05, 0) is 77.2 Å². The number of aliphatic carboxylic acids is 1. The van der Waals surface area contributed by atoms with Crippen molar-refractivity contribution in [3.05, 3.63) is 41.6 Å². The molecule has 6 nitrogen and oxygen atoms in total. The molecule has 8 heteroatoms. The van der Waals surface area contributed by atoms with E-state index in [0.29, 0.717) is 5.13 Å². The van der Waals surface area contributed by atoms with Crippen LogP contribution in [-0.4, -0.2) is 44.3 Å². The predicted molar refractivity (Wildman–Crippen MR) is 141 cm³/mol. The van der Waals surface area contributed by atoms with Crippen molar-refractivity contribution in [2.75, 3.05) is 11.9 Å². The van der Waals surface area contributed by atoms with Crippen molar-refractivity contribution in [1.29, 1.82) is 0 Å². The number of rotatable bonds is 10. The summed E-state index contributed by atoms with van der Waals surface area (Å²) in [7, 11) is 0. The number of amides is 2. The molecule has 2 N–H and O–H groups in total. The van der Waals surface area contributed by atoms with Crippen LogP contribution in [0.4, 0.5) is 9.93 Å². The molecular formula is C26H37N3O3S2. The number of benzene rings is 1. The number of carboxylic acids is 1. The zero-order chi connectivity index (χ0) is 24.7. The molecule has 1 aromatic carbocycles. The first-order chi connectivity index (χ1) is 16.1. The molecule has 1 heterocycles. The van der Waals surface area contributed by atoms with Gasteiger partial charge in [-0.2, -0.15) is 0 Å². The highest BCUT2D eigenvalue weighted by Crippen LogP contribution is 2.37. The highest BCUT2D eigenvalue weighted by Gasteiger charge is 2.30. The minimum absolute atomic E-state index is 0.0988. The highest BCUT2D eigenvalue weighted by molar-refractivity contribution is 8.03. The van der Waals surface area contributed by atoms with Crippen molar-refractivity contribution >= 4 is 40.2 Å². The molecule has 1 aromatic heterocycles. The van der Waals surface area contributed by atoms with Gasteiger partial charge in [-0.3, -0.25) is 10.1 Å². The second-order valence-electron chi connectivity index (χ2n) is 9.88. The highest BCUT2D eigenvalue weighted by atomic mass is 32.2. The summed E-state index contributed by atoms with van der Waals surface area (Å²) in [5.41, 5.74) is 2.61. The van der Waals surface area contributed by atoms with Crippen LogP contribution in [0.5, 0.6) is 0 Å². The lowest BCUT2D eigenvalue weighted by atomic mass is 9.86. The third kappa shape index (κ3) is 7.73. The second kappa shape index (κ2) is 12.1. The van der Waals surface area contributed by atoms with E-state index in [1.807, 2.05) is 4.90 Å². The number of thiazole rings is 1. The Morgan fingerprint density at radius 2 is 1.85 bits per heavy atom. The van der Waals surface area contributed by atoms with Gasteiger partial charge in [0.15, 0.2) is 5.13 Å². The average molecular weight is 504 g/mol. The molecule has 0 bridgehead atoms. The fourth-order valence-corrected chi connectivity index (χ4v) is 6.46. The number of hydrogen-bond acceptors (Lipinski definition) is 5. The summed E-state index contributed by atoms with van der Waals surface area (Å²) in [6, 6.07) is 8.83. The number of nitrogens with zero attached hydrogens (tertiary/aromatic N) is 2. The third-order valence-corrected chi connectivity index (χ3v) is 8.69. The van der Waals surface area contributed by atoms with Gasteiger partial charge in [-0.1, -0.05) is 59.9 Å². The van der Waals surface area contributed by atoms with Gasteiger partial charge >= 0.3 is 12.0 Å². The molecule has 0 spiro atoms. The number of carbonyl (C=O) groups is 2. The Morgan fingerprint density at radius 1 is 1.18 bits per heavy atom. The molecule has 2 amide bonds. The molecule has 0 atom stereocenters. The Labute approximate surface area is 211 Å². The number of aromatic nitrogens is 1. The van der Waals surface area contributed by atoms with Crippen LogP contribution in [0.3, 0.4) is 0 Å². The van der Waals surface area contributed by atoms with Gasteiger partial charge < -0.3 is 10.0 Å². The van der Waals surface area contributed by atoms with Crippen LogP contribution in [0, 0.1) is 12.8 Å².